The lowest BCUT2D eigenvalue weighted by Gasteiger charge is -2.31. The van der Waals surface area contributed by atoms with Crippen molar-refractivity contribution >= 4 is 12.0 Å². The number of aliphatic carboxylic acids is 1. The maximum Gasteiger partial charge on any atom is 0.317 e. The summed E-state index contributed by atoms with van der Waals surface area (Å²) >= 11 is 0. The number of carboxylic acids is 1. The summed E-state index contributed by atoms with van der Waals surface area (Å²) in [5.41, 5.74) is 0. The van der Waals surface area contributed by atoms with Gasteiger partial charge in [0, 0.05) is 39.8 Å². The highest BCUT2D eigenvalue weighted by molar-refractivity contribution is 5.76. The van der Waals surface area contributed by atoms with E-state index in [1.165, 1.54) is 0 Å². The monoisotopic (exact) mass is 287 g/mol. The number of piperidine rings is 1. The van der Waals surface area contributed by atoms with Crippen molar-refractivity contribution in [3.05, 3.63) is 0 Å². The molecule has 0 spiro atoms. The minimum Gasteiger partial charge on any atom is -0.481 e. The van der Waals surface area contributed by atoms with E-state index in [9.17, 15) is 9.59 Å². The smallest absolute Gasteiger partial charge is 0.317 e. The van der Waals surface area contributed by atoms with Gasteiger partial charge in [-0.1, -0.05) is 0 Å². The van der Waals surface area contributed by atoms with Gasteiger partial charge in [-0.2, -0.15) is 0 Å². The summed E-state index contributed by atoms with van der Waals surface area (Å²) in [5.74, 6) is -1.25. The molecule has 1 fully saturated rings. The minimum atomic E-state index is -0.818. The van der Waals surface area contributed by atoms with Crippen LogP contribution in [-0.2, 0) is 9.53 Å². The molecule has 0 unspecified atom stereocenters. The van der Waals surface area contributed by atoms with Crippen LogP contribution < -0.4 is 5.32 Å². The van der Waals surface area contributed by atoms with Crippen LogP contribution in [0.15, 0.2) is 0 Å². The minimum absolute atomic E-state index is 0.170. The molecular weight excluding hydrogens is 262 g/mol. The van der Waals surface area contributed by atoms with Crippen LogP contribution in [0.3, 0.4) is 0 Å². The van der Waals surface area contributed by atoms with Crippen LogP contribution in [0.4, 0.5) is 4.79 Å². The number of methoxy groups -OCH3 is 1. The second-order valence-electron chi connectivity index (χ2n) is 5.15. The number of hydrogen-bond acceptors (Lipinski definition) is 4. The van der Waals surface area contributed by atoms with E-state index in [0.717, 1.165) is 19.5 Å². The molecule has 2 N–H and O–H groups in total. The van der Waals surface area contributed by atoms with E-state index < -0.39 is 11.9 Å². The first-order valence-corrected chi connectivity index (χ1v) is 6.97. The number of nitrogens with zero attached hydrogens (tertiary/aromatic N) is 2. The molecule has 1 heterocycles. The Hall–Kier alpha value is -1.34. The number of carboxylic acid groups (broad SMARTS) is 1. The lowest BCUT2D eigenvalue weighted by atomic mass is 9.99. The highest BCUT2D eigenvalue weighted by Crippen LogP contribution is 2.16. The first-order valence-electron chi connectivity index (χ1n) is 6.97. The van der Waals surface area contributed by atoms with Gasteiger partial charge in [0.1, 0.15) is 0 Å². The summed E-state index contributed by atoms with van der Waals surface area (Å²) < 4.78 is 4.98. The third-order valence-corrected chi connectivity index (χ3v) is 3.50. The van der Waals surface area contributed by atoms with Gasteiger partial charge in [0.2, 0.25) is 0 Å². The summed E-state index contributed by atoms with van der Waals surface area (Å²) in [7, 11) is 3.62. The normalized spacial score (nSPS) is 19.1. The standard InChI is InChI=1S/C13H25N3O4/c1-15(8-9-20-2)7-5-14-13(19)16-6-3-4-11(10-16)12(17)18/h11H,3-10H2,1-2H3,(H,14,19)(H,17,18)/t11-/m0/s1. The second kappa shape index (κ2) is 8.76. The van der Waals surface area contributed by atoms with Gasteiger partial charge in [-0.25, -0.2) is 4.79 Å². The van der Waals surface area contributed by atoms with Gasteiger partial charge >= 0.3 is 12.0 Å². The fourth-order valence-electron chi connectivity index (χ4n) is 2.19. The Kier molecular flexibility index (Phi) is 7.32. The van der Waals surface area contributed by atoms with E-state index in [0.29, 0.717) is 32.7 Å². The quantitative estimate of drug-likeness (QED) is 0.692. The third-order valence-electron chi connectivity index (χ3n) is 3.50. The van der Waals surface area contributed by atoms with Crippen molar-refractivity contribution in [3.63, 3.8) is 0 Å². The molecule has 0 aromatic carbocycles. The topological polar surface area (TPSA) is 82.1 Å². The molecule has 1 atom stereocenters. The maximum atomic E-state index is 11.9. The van der Waals surface area contributed by atoms with Gasteiger partial charge in [-0.05, 0) is 19.9 Å². The highest BCUT2D eigenvalue weighted by Gasteiger charge is 2.27. The largest absolute Gasteiger partial charge is 0.481 e. The van der Waals surface area contributed by atoms with Crippen LogP contribution in [0, 0.1) is 5.92 Å². The molecule has 20 heavy (non-hydrogen) atoms. The number of likely N-dealkylation sites (N-methyl/N-ethyl adjacent to an activating group) is 1. The van der Waals surface area contributed by atoms with E-state index >= 15 is 0 Å². The van der Waals surface area contributed by atoms with E-state index in [2.05, 4.69) is 10.2 Å². The van der Waals surface area contributed by atoms with E-state index in [4.69, 9.17) is 9.84 Å². The molecule has 1 rings (SSSR count). The number of hydrogen-bond donors (Lipinski definition) is 2. The number of urea groups is 1. The average molecular weight is 287 g/mol. The van der Waals surface area contributed by atoms with Crippen LogP contribution in [0.2, 0.25) is 0 Å². The fourth-order valence-corrected chi connectivity index (χ4v) is 2.19. The molecule has 0 aliphatic carbocycles. The number of rotatable bonds is 7. The molecule has 0 bridgehead atoms. The Morgan fingerprint density at radius 3 is 2.85 bits per heavy atom. The Bertz CT molecular complexity index is 325. The van der Waals surface area contributed by atoms with Crippen LogP contribution in [0.25, 0.3) is 0 Å². The van der Waals surface area contributed by atoms with Gasteiger partial charge in [-0.3, -0.25) is 4.79 Å². The SMILES string of the molecule is COCCN(C)CCNC(=O)N1CCC[C@H](C(=O)O)C1. The van der Waals surface area contributed by atoms with Crippen LogP contribution >= 0.6 is 0 Å². The van der Waals surface area contributed by atoms with Crippen molar-refractivity contribution in [2.24, 2.45) is 5.92 Å². The summed E-state index contributed by atoms with van der Waals surface area (Å²) in [6.07, 6.45) is 1.40. The number of ether oxygens (including phenoxy) is 1. The van der Waals surface area contributed by atoms with Gasteiger partial charge in [0.15, 0.2) is 0 Å². The molecule has 7 heteroatoms. The Morgan fingerprint density at radius 2 is 2.20 bits per heavy atom. The number of likely N-dealkylation sites (tertiary alicyclic amines) is 1. The van der Waals surface area contributed by atoms with Crippen molar-refractivity contribution in [2.75, 3.05) is 53.5 Å². The number of nitrogens with one attached hydrogen (secondary N) is 1. The molecule has 1 saturated heterocycles. The molecule has 0 aromatic heterocycles. The molecule has 2 amide bonds. The lowest BCUT2D eigenvalue weighted by Crippen LogP contribution is -2.48. The van der Waals surface area contributed by atoms with Crippen molar-refractivity contribution in [1.29, 1.82) is 0 Å². The highest BCUT2D eigenvalue weighted by atomic mass is 16.5. The summed E-state index contributed by atoms with van der Waals surface area (Å²) in [4.78, 5) is 26.6. The number of carbonyl (C=O) groups excluding carboxylic acids is 1. The predicted molar refractivity (Wildman–Crippen MR) is 74.7 cm³/mol. The Morgan fingerprint density at radius 1 is 1.45 bits per heavy atom. The molecular formula is C13H25N3O4. The molecule has 1 aliphatic rings. The van der Waals surface area contributed by atoms with Crippen LogP contribution in [-0.4, -0.2) is 80.4 Å². The predicted octanol–water partition coefficient (Wildman–Crippen LogP) is 0.0708. The van der Waals surface area contributed by atoms with E-state index in [-0.39, 0.29) is 6.03 Å². The van der Waals surface area contributed by atoms with Gasteiger partial charge in [0.05, 0.1) is 12.5 Å². The molecule has 0 radical (unpaired) electrons. The zero-order valence-electron chi connectivity index (χ0n) is 12.3. The van der Waals surface area contributed by atoms with Gasteiger partial charge in [-0.15, -0.1) is 0 Å². The van der Waals surface area contributed by atoms with Gasteiger partial charge < -0.3 is 25.0 Å². The third kappa shape index (κ3) is 5.75. The van der Waals surface area contributed by atoms with Crippen molar-refractivity contribution in [3.8, 4) is 0 Å². The molecule has 1 aliphatic heterocycles. The Balaban J connectivity index is 2.23. The molecule has 7 nitrogen and oxygen atoms in total. The van der Waals surface area contributed by atoms with Crippen LogP contribution in [0.5, 0.6) is 0 Å². The number of amides is 2. The average Bonchev–Trinajstić information content (AvgIpc) is 2.45. The molecule has 116 valence electrons. The van der Waals surface area contributed by atoms with E-state index in [1.807, 2.05) is 7.05 Å². The molecule has 0 aromatic rings. The first-order chi connectivity index (χ1) is 9.54. The van der Waals surface area contributed by atoms with Crippen molar-refractivity contribution in [1.82, 2.24) is 15.1 Å². The lowest BCUT2D eigenvalue weighted by molar-refractivity contribution is -0.143. The van der Waals surface area contributed by atoms with Gasteiger partial charge in [0.25, 0.3) is 0 Å². The zero-order chi connectivity index (χ0) is 15.0. The van der Waals surface area contributed by atoms with Crippen molar-refractivity contribution in [2.45, 2.75) is 12.8 Å². The second-order valence-corrected chi connectivity index (χ2v) is 5.15. The number of carbonyl (C=O) groups is 2. The fraction of sp³-hybridized carbons (Fsp3) is 0.846. The zero-order valence-corrected chi connectivity index (χ0v) is 12.3. The first kappa shape index (κ1) is 16.7. The van der Waals surface area contributed by atoms with Crippen molar-refractivity contribution < 1.29 is 19.4 Å². The summed E-state index contributed by atoms with van der Waals surface area (Å²) in [6, 6.07) is -0.170. The maximum absolute atomic E-state index is 11.9. The Labute approximate surface area is 119 Å². The van der Waals surface area contributed by atoms with E-state index in [1.54, 1.807) is 12.0 Å². The molecule has 0 saturated carbocycles. The summed E-state index contributed by atoms with van der Waals surface area (Å²) in [6.45, 7) is 3.71. The van der Waals surface area contributed by atoms with Crippen LogP contribution in [0.1, 0.15) is 12.8 Å². The summed E-state index contributed by atoms with van der Waals surface area (Å²) in [5, 5.41) is 11.8.